The summed E-state index contributed by atoms with van der Waals surface area (Å²) >= 11 is 0. The zero-order valence-corrected chi connectivity index (χ0v) is 17.2. The van der Waals surface area contributed by atoms with Gasteiger partial charge < -0.3 is 4.74 Å². The summed E-state index contributed by atoms with van der Waals surface area (Å²) in [5, 5.41) is 0. The van der Waals surface area contributed by atoms with Crippen LogP contribution >= 0.6 is 0 Å². The molecule has 2 aromatic carbocycles. The number of unbranched alkanes of at least 4 members (excludes halogenated alkanes) is 2. The predicted octanol–water partition coefficient (Wildman–Crippen LogP) is 7.54. The molecule has 29 heavy (non-hydrogen) atoms. The molecule has 1 fully saturated rings. The van der Waals surface area contributed by atoms with Gasteiger partial charge in [0.2, 0.25) is 0 Å². The monoisotopic (exact) mass is 396 g/mol. The van der Waals surface area contributed by atoms with Gasteiger partial charge in [0.25, 0.3) is 0 Å². The van der Waals surface area contributed by atoms with Crippen LogP contribution < -0.4 is 4.74 Å². The minimum atomic E-state index is -2.80. The molecule has 154 valence electrons. The molecule has 0 aliphatic heterocycles. The molecule has 0 N–H and O–H groups in total. The van der Waals surface area contributed by atoms with Gasteiger partial charge in [-0.1, -0.05) is 56.6 Å². The van der Waals surface area contributed by atoms with Crippen LogP contribution in [0.5, 0.6) is 5.75 Å². The summed E-state index contributed by atoms with van der Waals surface area (Å²) in [6.07, 6.45) is 10.8. The molecule has 0 atom stereocenters. The molecule has 1 saturated carbocycles. The zero-order valence-electron chi connectivity index (χ0n) is 17.2. The second-order valence-electron chi connectivity index (χ2n) is 7.99. The highest BCUT2D eigenvalue weighted by Crippen LogP contribution is 2.37. The summed E-state index contributed by atoms with van der Waals surface area (Å²) in [5.41, 5.74) is 3.17. The molecule has 0 unspecified atom stereocenters. The van der Waals surface area contributed by atoms with E-state index in [0.29, 0.717) is 5.92 Å². The Kier molecular flexibility index (Phi) is 8.11. The van der Waals surface area contributed by atoms with Gasteiger partial charge in [-0.25, -0.2) is 0 Å². The Balaban J connectivity index is 1.51. The summed E-state index contributed by atoms with van der Waals surface area (Å²) in [6.45, 7) is -0.534. The molecule has 0 radical (unpaired) electrons. The van der Waals surface area contributed by atoms with E-state index in [4.69, 9.17) is 0 Å². The topological polar surface area (TPSA) is 9.23 Å². The first-order valence-corrected chi connectivity index (χ1v) is 10.8. The number of rotatable bonds is 7. The third-order valence-corrected chi connectivity index (χ3v) is 5.88. The van der Waals surface area contributed by atoms with Crippen molar-refractivity contribution in [1.29, 1.82) is 0 Å². The van der Waals surface area contributed by atoms with Gasteiger partial charge in [0.1, 0.15) is 5.75 Å². The van der Waals surface area contributed by atoms with Crippen molar-refractivity contribution in [3.63, 3.8) is 0 Å². The van der Waals surface area contributed by atoms with Crippen LogP contribution in [0, 0.1) is 17.8 Å². The number of halogens is 2. The summed E-state index contributed by atoms with van der Waals surface area (Å²) in [4.78, 5) is 0. The van der Waals surface area contributed by atoms with Gasteiger partial charge in [-0.3, -0.25) is 0 Å². The third-order valence-electron chi connectivity index (χ3n) is 5.88. The summed E-state index contributed by atoms with van der Waals surface area (Å²) < 4.78 is 28.7. The highest BCUT2D eigenvalue weighted by molar-refractivity contribution is 5.45. The fourth-order valence-corrected chi connectivity index (χ4v) is 4.17. The molecule has 0 aromatic heterocycles. The fraction of sp³-hybridized carbons (Fsp3) is 0.462. The van der Waals surface area contributed by atoms with Crippen molar-refractivity contribution in [2.75, 3.05) is 0 Å². The van der Waals surface area contributed by atoms with Crippen LogP contribution in [0.2, 0.25) is 0 Å². The number of alkyl halides is 2. The van der Waals surface area contributed by atoms with Gasteiger partial charge in [-0.15, -0.1) is 0 Å². The van der Waals surface area contributed by atoms with Crippen molar-refractivity contribution in [3.8, 4) is 17.6 Å². The van der Waals surface area contributed by atoms with E-state index in [-0.39, 0.29) is 5.75 Å². The normalized spacial score (nSPS) is 18.9. The smallest absolute Gasteiger partial charge is 0.387 e. The maximum atomic E-state index is 12.2. The van der Waals surface area contributed by atoms with Crippen molar-refractivity contribution < 1.29 is 13.5 Å². The zero-order chi connectivity index (χ0) is 20.5. The lowest BCUT2D eigenvalue weighted by atomic mass is 9.77. The molecular formula is C26H30F2O. The molecule has 3 rings (SSSR count). The maximum absolute atomic E-state index is 12.2. The van der Waals surface area contributed by atoms with Crippen LogP contribution in [0.1, 0.15) is 80.9 Å². The summed E-state index contributed by atoms with van der Waals surface area (Å²) in [6, 6.07) is 15.0. The predicted molar refractivity (Wildman–Crippen MR) is 114 cm³/mol. The minimum Gasteiger partial charge on any atom is -0.435 e. The van der Waals surface area contributed by atoms with E-state index in [2.05, 4.69) is 47.8 Å². The lowest BCUT2D eigenvalue weighted by Gasteiger charge is -2.29. The average Bonchev–Trinajstić information content (AvgIpc) is 2.74. The van der Waals surface area contributed by atoms with Gasteiger partial charge in [-0.2, -0.15) is 8.78 Å². The number of ether oxygens (including phenoxy) is 1. The fourth-order valence-electron chi connectivity index (χ4n) is 4.17. The van der Waals surface area contributed by atoms with Gasteiger partial charge in [0.15, 0.2) is 0 Å². The van der Waals surface area contributed by atoms with E-state index in [1.165, 1.54) is 69.1 Å². The van der Waals surface area contributed by atoms with E-state index in [1.54, 1.807) is 12.1 Å². The molecule has 1 aliphatic rings. The second kappa shape index (κ2) is 11.0. The molecular weight excluding hydrogens is 366 g/mol. The Morgan fingerprint density at radius 2 is 1.45 bits per heavy atom. The van der Waals surface area contributed by atoms with Gasteiger partial charge in [0, 0.05) is 11.1 Å². The van der Waals surface area contributed by atoms with Crippen molar-refractivity contribution in [2.24, 2.45) is 5.92 Å². The number of hydrogen-bond acceptors (Lipinski definition) is 1. The van der Waals surface area contributed by atoms with Gasteiger partial charge in [0.05, 0.1) is 0 Å². The molecule has 3 heteroatoms. The van der Waals surface area contributed by atoms with Crippen LogP contribution in [0.3, 0.4) is 0 Å². The highest BCUT2D eigenvalue weighted by atomic mass is 19.3. The molecule has 1 aliphatic carbocycles. The first kappa shape index (κ1) is 21.4. The Hall–Kier alpha value is -2.34. The standard InChI is InChI=1S/C26H30F2O/c1-2-3-4-5-20-8-14-23(15-9-20)24-16-10-21(11-17-24)6-7-22-12-18-25(19-13-22)29-26(27)28/h10-13,16-20,23,26H,2-5,8-9,14-15H2,1H3. The van der Waals surface area contributed by atoms with Crippen LogP contribution in [-0.2, 0) is 0 Å². The Labute approximate surface area is 173 Å². The van der Waals surface area contributed by atoms with Gasteiger partial charge >= 0.3 is 6.61 Å². The van der Waals surface area contributed by atoms with Crippen molar-refractivity contribution >= 4 is 0 Å². The van der Waals surface area contributed by atoms with Crippen LogP contribution in [0.4, 0.5) is 8.78 Å². The molecule has 0 heterocycles. The van der Waals surface area contributed by atoms with E-state index in [0.717, 1.165) is 17.0 Å². The van der Waals surface area contributed by atoms with Crippen LogP contribution in [0.15, 0.2) is 48.5 Å². The first-order chi connectivity index (χ1) is 14.1. The maximum Gasteiger partial charge on any atom is 0.387 e. The van der Waals surface area contributed by atoms with E-state index >= 15 is 0 Å². The quantitative estimate of drug-likeness (QED) is 0.347. The molecule has 2 aromatic rings. The average molecular weight is 397 g/mol. The largest absolute Gasteiger partial charge is 0.435 e. The van der Waals surface area contributed by atoms with Crippen molar-refractivity contribution in [1.82, 2.24) is 0 Å². The Morgan fingerprint density at radius 3 is 2.00 bits per heavy atom. The van der Waals surface area contributed by atoms with E-state index < -0.39 is 6.61 Å². The number of hydrogen-bond donors (Lipinski definition) is 0. The Morgan fingerprint density at radius 1 is 0.862 bits per heavy atom. The number of benzene rings is 2. The molecule has 0 bridgehead atoms. The second-order valence-corrected chi connectivity index (χ2v) is 7.99. The van der Waals surface area contributed by atoms with Crippen LogP contribution in [-0.4, -0.2) is 6.61 Å². The molecule has 0 spiro atoms. The van der Waals surface area contributed by atoms with Crippen molar-refractivity contribution in [2.45, 2.75) is 70.8 Å². The third kappa shape index (κ3) is 6.89. The van der Waals surface area contributed by atoms with Crippen molar-refractivity contribution in [3.05, 3.63) is 65.2 Å². The molecule has 0 saturated heterocycles. The molecule has 1 nitrogen and oxygen atoms in total. The molecule has 0 amide bonds. The highest BCUT2D eigenvalue weighted by Gasteiger charge is 2.21. The first-order valence-electron chi connectivity index (χ1n) is 10.8. The lowest BCUT2D eigenvalue weighted by molar-refractivity contribution is -0.0498. The van der Waals surface area contributed by atoms with E-state index in [1.807, 2.05) is 0 Å². The van der Waals surface area contributed by atoms with Gasteiger partial charge in [-0.05, 0) is 79.5 Å². The lowest BCUT2D eigenvalue weighted by Crippen LogP contribution is -2.13. The summed E-state index contributed by atoms with van der Waals surface area (Å²) in [5.74, 6) is 7.99. The minimum absolute atomic E-state index is 0.148. The van der Waals surface area contributed by atoms with Crippen LogP contribution in [0.25, 0.3) is 0 Å². The Bertz CT molecular complexity index is 791. The SMILES string of the molecule is CCCCCC1CCC(c2ccc(C#Cc3ccc(OC(F)F)cc3)cc2)CC1. The van der Waals surface area contributed by atoms with E-state index in [9.17, 15) is 8.78 Å². The summed E-state index contributed by atoms with van der Waals surface area (Å²) in [7, 11) is 0.